The van der Waals surface area contributed by atoms with Crippen molar-refractivity contribution in [3.05, 3.63) is 18.5 Å². The lowest BCUT2D eigenvalue weighted by Gasteiger charge is -2.34. The Hall–Kier alpha value is -0.910. The van der Waals surface area contributed by atoms with Crippen LogP contribution in [0, 0.1) is 0 Å². The van der Waals surface area contributed by atoms with Crippen molar-refractivity contribution >= 4 is 0 Å². The summed E-state index contributed by atoms with van der Waals surface area (Å²) in [6.07, 6.45) is 3.73. The Balaban J connectivity index is 1.81. The van der Waals surface area contributed by atoms with Crippen LogP contribution in [0.25, 0.3) is 0 Å². The maximum absolute atomic E-state index is 9.17. The van der Waals surface area contributed by atoms with Crippen LogP contribution in [0.5, 0.6) is 0 Å². The number of rotatable bonds is 4. The van der Waals surface area contributed by atoms with Crippen LogP contribution in [0.1, 0.15) is 0 Å². The maximum Gasteiger partial charge on any atom is 0.0644 e. The number of aliphatic hydroxyl groups is 1. The first-order valence-electron chi connectivity index (χ1n) is 5.30. The summed E-state index contributed by atoms with van der Waals surface area (Å²) in [5, 5.41) is 13.3. The van der Waals surface area contributed by atoms with E-state index in [2.05, 4.69) is 10.00 Å². The van der Waals surface area contributed by atoms with E-state index in [0.717, 1.165) is 26.2 Å². The number of hydrogen-bond donors (Lipinski definition) is 1. The average Bonchev–Trinajstić information content (AvgIpc) is 2.79. The summed E-state index contributed by atoms with van der Waals surface area (Å²) in [6.45, 7) is 4.23. The van der Waals surface area contributed by atoms with Gasteiger partial charge < -0.3 is 9.84 Å². The van der Waals surface area contributed by atoms with E-state index in [1.165, 1.54) is 0 Å². The molecule has 84 valence electrons. The van der Waals surface area contributed by atoms with Gasteiger partial charge in [-0.3, -0.25) is 9.58 Å². The number of hydrogen-bond acceptors (Lipinski definition) is 4. The van der Waals surface area contributed by atoms with Crippen LogP contribution >= 0.6 is 0 Å². The van der Waals surface area contributed by atoms with Crippen LogP contribution in [0.2, 0.25) is 0 Å². The molecule has 1 aromatic rings. The lowest BCUT2D eigenvalue weighted by molar-refractivity contribution is -0.0288. The summed E-state index contributed by atoms with van der Waals surface area (Å²) < 4.78 is 7.22. The Kier molecular flexibility index (Phi) is 3.71. The van der Waals surface area contributed by atoms with Crippen molar-refractivity contribution < 1.29 is 9.84 Å². The first kappa shape index (κ1) is 10.6. The quantitative estimate of drug-likeness (QED) is 0.734. The first-order valence-corrected chi connectivity index (χ1v) is 5.30. The fourth-order valence-corrected chi connectivity index (χ4v) is 1.82. The summed E-state index contributed by atoms with van der Waals surface area (Å²) in [6, 6.07) is 2.07. The van der Waals surface area contributed by atoms with Crippen LogP contribution in [0.4, 0.5) is 0 Å². The highest BCUT2D eigenvalue weighted by atomic mass is 16.5. The third kappa shape index (κ3) is 2.77. The largest absolute Gasteiger partial charge is 0.395 e. The minimum absolute atomic E-state index is 0.148. The molecule has 1 saturated heterocycles. The van der Waals surface area contributed by atoms with Gasteiger partial charge in [0.25, 0.3) is 0 Å². The predicted molar refractivity (Wildman–Crippen MR) is 55.5 cm³/mol. The molecule has 2 heterocycles. The topological polar surface area (TPSA) is 50.5 Å². The Labute approximate surface area is 89.3 Å². The van der Waals surface area contributed by atoms with Crippen molar-refractivity contribution in [2.45, 2.75) is 12.6 Å². The van der Waals surface area contributed by atoms with Gasteiger partial charge in [-0.15, -0.1) is 0 Å². The molecule has 1 aromatic heterocycles. The van der Waals surface area contributed by atoms with Gasteiger partial charge >= 0.3 is 0 Å². The van der Waals surface area contributed by atoms with Gasteiger partial charge in [-0.25, -0.2) is 0 Å². The van der Waals surface area contributed by atoms with E-state index in [9.17, 15) is 5.11 Å². The number of nitrogens with zero attached hydrogens (tertiary/aromatic N) is 3. The van der Waals surface area contributed by atoms with E-state index in [4.69, 9.17) is 4.74 Å². The molecule has 0 saturated carbocycles. The second-order valence-electron chi connectivity index (χ2n) is 3.72. The maximum atomic E-state index is 9.17. The lowest BCUT2D eigenvalue weighted by Crippen LogP contribution is -2.48. The van der Waals surface area contributed by atoms with Gasteiger partial charge in [-0.1, -0.05) is 0 Å². The second kappa shape index (κ2) is 5.25. The number of ether oxygens (including phenoxy) is 1. The zero-order valence-electron chi connectivity index (χ0n) is 8.75. The van der Waals surface area contributed by atoms with Crippen molar-refractivity contribution in [1.82, 2.24) is 14.7 Å². The fraction of sp³-hybridized carbons (Fsp3) is 0.700. The molecule has 0 spiro atoms. The zero-order valence-corrected chi connectivity index (χ0v) is 8.75. The summed E-state index contributed by atoms with van der Waals surface area (Å²) >= 11 is 0. The molecule has 1 fully saturated rings. The van der Waals surface area contributed by atoms with E-state index in [1.54, 1.807) is 6.20 Å². The van der Waals surface area contributed by atoms with Gasteiger partial charge in [0.1, 0.15) is 0 Å². The molecule has 15 heavy (non-hydrogen) atoms. The molecule has 1 aliphatic heterocycles. The van der Waals surface area contributed by atoms with Crippen molar-refractivity contribution in [2.75, 3.05) is 32.9 Å². The van der Waals surface area contributed by atoms with Crippen molar-refractivity contribution in [3.63, 3.8) is 0 Å². The Morgan fingerprint density at radius 1 is 1.47 bits per heavy atom. The summed E-state index contributed by atoms with van der Waals surface area (Å²) in [5.74, 6) is 0. The normalized spacial score (nSPS) is 23.1. The Morgan fingerprint density at radius 2 is 2.40 bits per heavy atom. The fourth-order valence-electron chi connectivity index (χ4n) is 1.82. The van der Waals surface area contributed by atoms with Crippen molar-refractivity contribution in [1.29, 1.82) is 0 Å². The van der Waals surface area contributed by atoms with Gasteiger partial charge in [0.05, 0.1) is 32.4 Å². The van der Waals surface area contributed by atoms with E-state index < -0.39 is 0 Å². The molecule has 2 rings (SSSR count). The molecule has 1 N–H and O–H groups in total. The van der Waals surface area contributed by atoms with Crippen LogP contribution < -0.4 is 0 Å². The van der Waals surface area contributed by atoms with E-state index in [-0.39, 0.29) is 12.6 Å². The minimum Gasteiger partial charge on any atom is -0.395 e. The molecule has 0 amide bonds. The summed E-state index contributed by atoms with van der Waals surface area (Å²) in [5.41, 5.74) is 0. The molecule has 1 aliphatic rings. The molecular formula is C10H17N3O2. The summed E-state index contributed by atoms with van der Waals surface area (Å²) in [4.78, 5) is 2.26. The van der Waals surface area contributed by atoms with E-state index >= 15 is 0 Å². The first-order chi connectivity index (χ1) is 7.40. The number of aliphatic hydroxyl groups excluding tert-OH is 1. The molecule has 0 radical (unpaired) electrons. The van der Waals surface area contributed by atoms with Gasteiger partial charge in [-0.05, 0) is 6.07 Å². The third-order valence-electron chi connectivity index (χ3n) is 2.74. The number of aromatic nitrogens is 2. The molecule has 5 heteroatoms. The molecule has 5 nitrogen and oxygen atoms in total. The Bertz CT molecular complexity index is 276. The minimum atomic E-state index is 0.148. The molecule has 0 aliphatic carbocycles. The third-order valence-corrected chi connectivity index (χ3v) is 2.74. The van der Waals surface area contributed by atoms with Crippen LogP contribution in [-0.2, 0) is 11.3 Å². The van der Waals surface area contributed by atoms with Gasteiger partial charge in [0.2, 0.25) is 0 Å². The standard InChI is InChI=1S/C10H17N3O2/c14-8-10-9-15-7-6-12(10)4-5-13-3-1-2-11-13/h1-3,10,14H,4-9H2. The Morgan fingerprint density at radius 3 is 3.13 bits per heavy atom. The van der Waals surface area contributed by atoms with Gasteiger partial charge in [0.15, 0.2) is 0 Å². The highest BCUT2D eigenvalue weighted by Gasteiger charge is 2.21. The lowest BCUT2D eigenvalue weighted by atomic mass is 10.2. The molecule has 1 atom stereocenters. The van der Waals surface area contributed by atoms with E-state index in [1.807, 2.05) is 16.9 Å². The van der Waals surface area contributed by atoms with E-state index in [0.29, 0.717) is 6.61 Å². The molecule has 1 unspecified atom stereocenters. The average molecular weight is 211 g/mol. The smallest absolute Gasteiger partial charge is 0.0644 e. The highest BCUT2D eigenvalue weighted by molar-refractivity contribution is 4.79. The highest BCUT2D eigenvalue weighted by Crippen LogP contribution is 2.06. The van der Waals surface area contributed by atoms with Gasteiger partial charge in [-0.2, -0.15) is 5.10 Å². The zero-order chi connectivity index (χ0) is 10.5. The summed E-state index contributed by atoms with van der Waals surface area (Å²) in [7, 11) is 0. The van der Waals surface area contributed by atoms with Crippen LogP contribution in [-0.4, -0.2) is 58.7 Å². The van der Waals surface area contributed by atoms with Crippen molar-refractivity contribution in [3.8, 4) is 0 Å². The molecule has 0 aromatic carbocycles. The SMILES string of the molecule is OCC1COCCN1CCn1cccn1. The monoisotopic (exact) mass is 211 g/mol. The van der Waals surface area contributed by atoms with Crippen LogP contribution in [0.3, 0.4) is 0 Å². The molecular weight excluding hydrogens is 194 g/mol. The van der Waals surface area contributed by atoms with Gasteiger partial charge in [0, 0.05) is 25.5 Å². The van der Waals surface area contributed by atoms with Crippen molar-refractivity contribution in [2.24, 2.45) is 0 Å². The predicted octanol–water partition coefficient (Wildman–Crippen LogP) is -0.424. The second-order valence-corrected chi connectivity index (χ2v) is 3.72. The molecule has 0 bridgehead atoms. The number of morpholine rings is 1. The van der Waals surface area contributed by atoms with Crippen LogP contribution in [0.15, 0.2) is 18.5 Å².